The summed E-state index contributed by atoms with van der Waals surface area (Å²) in [5.74, 6) is 1.31. The van der Waals surface area contributed by atoms with Gasteiger partial charge in [-0.2, -0.15) is 0 Å². The quantitative estimate of drug-likeness (QED) is 0.102. The van der Waals surface area contributed by atoms with E-state index in [4.69, 9.17) is 29.9 Å². The number of aromatic nitrogens is 9. The predicted molar refractivity (Wildman–Crippen MR) is 545 cm³/mol. The molecule has 0 fully saturated rings. The van der Waals surface area contributed by atoms with Crippen LogP contribution in [0.15, 0.2) is 467 Å². The van der Waals surface area contributed by atoms with Gasteiger partial charge in [0.2, 0.25) is 0 Å². The van der Waals surface area contributed by atoms with Gasteiger partial charge in [0.15, 0.2) is 11.6 Å². The first-order chi connectivity index (χ1) is 65.2. The summed E-state index contributed by atoms with van der Waals surface area (Å²) in [6, 6.07) is 166. The monoisotopic (exact) mass is 1690 g/mol. The Bertz CT molecular complexity index is 8320. The number of nitrogens with zero attached hydrogens (tertiary/aromatic N) is 9. The summed E-state index contributed by atoms with van der Waals surface area (Å²) < 4.78 is 7.28. The second-order valence-corrected chi connectivity index (χ2v) is 34.4. The maximum absolute atomic E-state index is 5.48. The summed E-state index contributed by atoms with van der Waals surface area (Å²) in [7, 11) is 0. The van der Waals surface area contributed by atoms with Crippen LogP contribution >= 0.6 is 0 Å². The average molecular weight is 1690 g/mol. The van der Waals surface area contributed by atoms with Crippen LogP contribution in [-0.4, -0.2) is 43.6 Å². The molecule has 0 N–H and O–H groups in total. The third-order valence-electron chi connectivity index (χ3n) is 26.1. The van der Waals surface area contributed by atoms with Crippen LogP contribution in [0.1, 0.15) is 25.0 Å². The molecule has 24 aromatic rings. The molecule has 1 aliphatic rings. The van der Waals surface area contributed by atoms with E-state index in [-0.39, 0.29) is 5.41 Å². The van der Waals surface area contributed by atoms with Gasteiger partial charge in [0.1, 0.15) is 0 Å². The van der Waals surface area contributed by atoms with Gasteiger partial charge in [0, 0.05) is 99.1 Å². The lowest BCUT2D eigenvalue weighted by atomic mass is 9.82. The summed E-state index contributed by atoms with van der Waals surface area (Å²) in [5.41, 5.74) is 36.6. The van der Waals surface area contributed by atoms with Gasteiger partial charge in [-0.3, -0.25) is 0 Å². The van der Waals surface area contributed by atoms with E-state index in [1.807, 2.05) is 60.7 Å². The van der Waals surface area contributed by atoms with E-state index in [1.165, 1.54) is 60.1 Å². The molecule has 0 bridgehead atoms. The molecule has 7 aromatic heterocycles. The smallest absolute Gasteiger partial charge is 0.162 e. The van der Waals surface area contributed by atoms with E-state index in [9.17, 15) is 0 Å². The fraction of sp³-hybridized carbons (Fsp3) is 0.0244. The lowest BCUT2D eigenvalue weighted by molar-refractivity contribution is 0.661. The van der Waals surface area contributed by atoms with Crippen LogP contribution in [0.25, 0.3) is 229 Å². The molecule has 0 aliphatic heterocycles. The number of hydrogen-bond acceptors (Lipinski definition) is 6. The van der Waals surface area contributed by atoms with Crippen molar-refractivity contribution in [1.29, 1.82) is 0 Å². The average Bonchev–Trinajstić information content (AvgIpc) is 1.55. The molecular formula is C123H83N9. The van der Waals surface area contributed by atoms with Crippen LogP contribution < -0.4 is 0 Å². The van der Waals surface area contributed by atoms with Crippen LogP contribution in [0.2, 0.25) is 0 Å². The number of pyridine rings is 2. The first-order valence-corrected chi connectivity index (χ1v) is 45.0. The topological polar surface area (TPSA) is 92.1 Å². The van der Waals surface area contributed by atoms with Crippen LogP contribution in [0.3, 0.4) is 0 Å². The van der Waals surface area contributed by atoms with Gasteiger partial charge in [-0.05, 0) is 160 Å². The SMILES string of the molecule is CC1(C)c2ccccc2-c2cc3c(cc21)c1ccccc1n3-c1ccc(-c2cc(-c3ccccc3)nc(-c3ccccc3)c2)cc1-c1cc(-c2ccccc2)nc(-c2ccccc2)n1.c1ccc(-c2cc(-c3ccc(-n4c5ccccc5c5cc6c(cc54)c4ccccc4n6-c4ccccc4)c(-c4nc(-c5ccccc5)cc(-c5ccccc5)n4)c3)cc(-c3ccccc3)n2)cc1. The number of rotatable bonds is 15. The molecule has 0 amide bonds. The Kier molecular flexibility index (Phi) is 19.4. The number of fused-ring (bicyclic) bond motifs is 12. The molecule has 7 heterocycles. The zero-order valence-electron chi connectivity index (χ0n) is 72.5. The highest BCUT2D eigenvalue weighted by Crippen LogP contribution is 2.53. The number of para-hydroxylation sites is 4. The Morgan fingerprint density at radius 1 is 0.167 bits per heavy atom. The summed E-state index contributed by atoms with van der Waals surface area (Å²) in [5, 5.41) is 7.18. The third-order valence-corrected chi connectivity index (χ3v) is 26.1. The molecular weight excluding hydrogens is 1600 g/mol. The van der Waals surface area contributed by atoms with Crippen molar-refractivity contribution in [2.45, 2.75) is 19.3 Å². The van der Waals surface area contributed by atoms with Crippen molar-refractivity contribution in [3.63, 3.8) is 0 Å². The largest absolute Gasteiger partial charge is 0.309 e. The highest BCUT2D eigenvalue weighted by atomic mass is 15.0. The van der Waals surface area contributed by atoms with Crippen LogP contribution in [0.4, 0.5) is 0 Å². The standard InChI is InChI=1S/C63H41N5.C60H42N4/c1-6-20-42(21-7-1)54-37-47(38-55(64-54)43-22-8-2-9-23-43)46-34-35-60(53(36-46)63-65-56(44-24-10-3-11-25-44)41-57(66-63)45-26-12-4-13-27-45)68-59-33-19-17-31-50(59)52-39-61-51(40-62(52)68)49-30-16-18-32-58(49)67(61)48-28-14-5-15-29-48;1-60(2)50-29-17-15-27-45(50)47-37-58-48(36-51(47)60)46-28-16-18-30-56(46)64(58)57-32-31-43(44-34-52(39-19-7-3-8-20-39)61-53(35-44)40-21-9-4-10-22-40)33-49(57)55-38-54(41-23-11-5-12-24-41)62-59(63-55)42-25-13-6-14-26-42/h1-41H;3-38H,1-2H3. The van der Waals surface area contributed by atoms with Gasteiger partial charge in [0.25, 0.3) is 0 Å². The fourth-order valence-corrected chi connectivity index (χ4v) is 19.7. The summed E-state index contributed by atoms with van der Waals surface area (Å²) >= 11 is 0. The van der Waals surface area contributed by atoms with Gasteiger partial charge in [-0.1, -0.05) is 366 Å². The minimum Gasteiger partial charge on any atom is -0.309 e. The molecule has 132 heavy (non-hydrogen) atoms. The zero-order chi connectivity index (χ0) is 87.7. The Balaban J connectivity index is 0.000000146. The molecule has 0 saturated carbocycles. The second kappa shape index (κ2) is 32.8. The lowest BCUT2D eigenvalue weighted by Crippen LogP contribution is -2.14. The van der Waals surface area contributed by atoms with Crippen molar-refractivity contribution in [3.05, 3.63) is 478 Å². The van der Waals surface area contributed by atoms with Gasteiger partial charge in [-0.25, -0.2) is 29.9 Å². The normalized spacial score (nSPS) is 12.1. The van der Waals surface area contributed by atoms with E-state index in [0.717, 1.165) is 168 Å². The van der Waals surface area contributed by atoms with Crippen LogP contribution in [0.5, 0.6) is 0 Å². The molecule has 0 spiro atoms. The lowest BCUT2D eigenvalue weighted by Gasteiger charge is -2.21. The van der Waals surface area contributed by atoms with Crippen molar-refractivity contribution < 1.29 is 0 Å². The van der Waals surface area contributed by atoms with Crippen molar-refractivity contribution in [2.75, 3.05) is 0 Å². The van der Waals surface area contributed by atoms with Gasteiger partial charge in [-0.15, -0.1) is 0 Å². The molecule has 1 aliphatic carbocycles. The van der Waals surface area contributed by atoms with Crippen molar-refractivity contribution >= 4 is 65.4 Å². The summed E-state index contributed by atoms with van der Waals surface area (Å²) in [6.07, 6.45) is 0. The van der Waals surface area contributed by atoms with Crippen LogP contribution in [0, 0.1) is 0 Å². The van der Waals surface area contributed by atoms with Crippen molar-refractivity contribution in [2.24, 2.45) is 0 Å². The van der Waals surface area contributed by atoms with Gasteiger partial charge < -0.3 is 13.7 Å². The Hall–Kier alpha value is -17.4. The predicted octanol–water partition coefficient (Wildman–Crippen LogP) is 31.3. The third kappa shape index (κ3) is 14.0. The second-order valence-electron chi connectivity index (χ2n) is 34.4. The van der Waals surface area contributed by atoms with E-state index in [0.29, 0.717) is 11.6 Å². The Labute approximate surface area is 764 Å². The van der Waals surface area contributed by atoms with Gasteiger partial charge in [0.05, 0.1) is 90.0 Å². The van der Waals surface area contributed by atoms with Gasteiger partial charge >= 0.3 is 0 Å². The Morgan fingerprint density at radius 3 is 0.909 bits per heavy atom. The fourth-order valence-electron chi connectivity index (χ4n) is 19.7. The summed E-state index contributed by atoms with van der Waals surface area (Å²) in [4.78, 5) is 32.1. The molecule has 17 aromatic carbocycles. The molecule has 9 heteroatoms. The minimum absolute atomic E-state index is 0.124. The maximum atomic E-state index is 5.48. The molecule has 0 atom stereocenters. The molecule has 9 nitrogen and oxygen atoms in total. The number of benzene rings is 17. The van der Waals surface area contributed by atoms with E-state index in [2.05, 4.69) is 434 Å². The summed E-state index contributed by atoms with van der Waals surface area (Å²) in [6.45, 7) is 4.71. The maximum Gasteiger partial charge on any atom is 0.162 e. The zero-order valence-corrected chi connectivity index (χ0v) is 72.5. The molecule has 0 unspecified atom stereocenters. The van der Waals surface area contributed by atoms with E-state index < -0.39 is 0 Å². The first-order valence-electron chi connectivity index (χ1n) is 45.0. The minimum atomic E-state index is -0.124. The van der Waals surface area contributed by atoms with E-state index >= 15 is 0 Å². The highest BCUT2D eigenvalue weighted by molar-refractivity contribution is 6.20. The number of hydrogen-bond donors (Lipinski definition) is 0. The first kappa shape index (κ1) is 78.1. The van der Waals surface area contributed by atoms with Crippen molar-refractivity contribution in [3.8, 4) is 163 Å². The highest BCUT2D eigenvalue weighted by Gasteiger charge is 2.37. The molecule has 0 radical (unpaired) electrons. The molecule has 620 valence electrons. The van der Waals surface area contributed by atoms with E-state index in [1.54, 1.807) is 0 Å². The molecule has 25 rings (SSSR count). The van der Waals surface area contributed by atoms with Crippen LogP contribution in [-0.2, 0) is 5.41 Å². The van der Waals surface area contributed by atoms with Crippen molar-refractivity contribution in [1.82, 2.24) is 43.6 Å². The molecule has 0 saturated heterocycles. The Morgan fingerprint density at radius 2 is 0.477 bits per heavy atom.